The van der Waals surface area contributed by atoms with Crippen molar-refractivity contribution in [1.29, 1.82) is 0 Å². The zero-order chi connectivity index (χ0) is 14.1. The first kappa shape index (κ1) is 14.9. The zero-order valence-electron chi connectivity index (χ0n) is 10.6. The van der Waals surface area contributed by atoms with Crippen molar-refractivity contribution in [3.8, 4) is 0 Å². The molecule has 1 aromatic rings. The van der Waals surface area contributed by atoms with E-state index in [0.717, 1.165) is 25.7 Å². The topological polar surface area (TPSA) is 97.1 Å². The van der Waals surface area contributed by atoms with Gasteiger partial charge >= 0.3 is 0 Å². The van der Waals surface area contributed by atoms with Gasteiger partial charge in [0.25, 0.3) is 10.0 Å². The molecule has 0 spiro atoms. The second-order valence-electron chi connectivity index (χ2n) is 5.00. The summed E-state index contributed by atoms with van der Waals surface area (Å²) < 4.78 is 28.4. The first-order chi connectivity index (χ1) is 8.90. The highest BCUT2D eigenvalue weighted by atomic mass is 79.9. The molecule has 0 atom stereocenters. The molecule has 1 fully saturated rings. The van der Waals surface area contributed by atoms with Gasteiger partial charge in [0.1, 0.15) is 0 Å². The first-order valence-electron chi connectivity index (χ1n) is 6.06. The third-order valence-corrected chi connectivity index (χ3v) is 5.92. The number of halogens is 1. The van der Waals surface area contributed by atoms with Crippen LogP contribution >= 0.6 is 15.9 Å². The summed E-state index contributed by atoms with van der Waals surface area (Å²) in [5.74, 6) is 0. The van der Waals surface area contributed by atoms with Gasteiger partial charge in [0, 0.05) is 25.6 Å². The minimum Gasteiger partial charge on any atom is -0.396 e. The standard InChI is InChI=1S/C10H17BrN4O3S/c1-15-9(8(11)13-14-15)19(17,18)12-6-10(7-16)4-2-3-5-10/h12,16H,2-7H2,1H3. The van der Waals surface area contributed by atoms with Crippen molar-refractivity contribution in [2.24, 2.45) is 12.5 Å². The van der Waals surface area contributed by atoms with Crippen LogP contribution < -0.4 is 4.72 Å². The quantitative estimate of drug-likeness (QED) is 0.799. The lowest BCUT2D eigenvalue weighted by Crippen LogP contribution is -2.38. The molecule has 0 amide bonds. The van der Waals surface area contributed by atoms with E-state index in [1.807, 2.05) is 0 Å². The van der Waals surface area contributed by atoms with E-state index in [0.29, 0.717) is 0 Å². The molecular weight excluding hydrogens is 336 g/mol. The Balaban J connectivity index is 2.14. The van der Waals surface area contributed by atoms with Gasteiger partial charge in [0.2, 0.25) is 5.03 Å². The van der Waals surface area contributed by atoms with Crippen LogP contribution in [0.3, 0.4) is 0 Å². The van der Waals surface area contributed by atoms with Crippen LogP contribution in [0.2, 0.25) is 0 Å². The highest BCUT2D eigenvalue weighted by Gasteiger charge is 2.35. The lowest BCUT2D eigenvalue weighted by molar-refractivity contribution is 0.134. The summed E-state index contributed by atoms with van der Waals surface area (Å²) in [7, 11) is -2.17. The molecule has 7 nitrogen and oxygen atoms in total. The maximum Gasteiger partial charge on any atom is 0.260 e. The third-order valence-electron chi connectivity index (χ3n) is 3.63. The molecule has 108 valence electrons. The molecule has 2 N–H and O–H groups in total. The molecule has 2 rings (SSSR count). The molecule has 0 bridgehead atoms. The van der Waals surface area contributed by atoms with Gasteiger partial charge in [-0.15, -0.1) is 5.10 Å². The molecule has 1 aliphatic carbocycles. The zero-order valence-corrected chi connectivity index (χ0v) is 13.0. The summed E-state index contributed by atoms with van der Waals surface area (Å²) in [5, 5.41) is 16.8. The normalized spacial score (nSPS) is 18.9. The number of aromatic nitrogens is 3. The average molecular weight is 353 g/mol. The molecule has 0 unspecified atom stereocenters. The van der Waals surface area contributed by atoms with Crippen molar-refractivity contribution >= 4 is 26.0 Å². The maximum absolute atomic E-state index is 12.2. The highest BCUT2D eigenvalue weighted by Crippen LogP contribution is 2.37. The predicted molar refractivity (Wildman–Crippen MR) is 71.9 cm³/mol. The van der Waals surface area contributed by atoms with Gasteiger partial charge in [-0.05, 0) is 28.8 Å². The van der Waals surface area contributed by atoms with Crippen molar-refractivity contribution < 1.29 is 13.5 Å². The smallest absolute Gasteiger partial charge is 0.260 e. The van der Waals surface area contributed by atoms with Crippen LogP contribution in [-0.4, -0.2) is 41.7 Å². The van der Waals surface area contributed by atoms with Crippen molar-refractivity contribution in [3.05, 3.63) is 4.60 Å². The van der Waals surface area contributed by atoms with E-state index in [9.17, 15) is 13.5 Å². The number of hydrogen-bond donors (Lipinski definition) is 2. The molecule has 9 heteroatoms. The minimum absolute atomic E-state index is 0.000324. The molecule has 1 aliphatic rings. The lowest BCUT2D eigenvalue weighted by atomic mass is 9.88. The van der Waals surface area contributed by atoms with Gasteiger partial charge in [0.15, 0.2) is 4.60 Å². The summed E-state index contributed by atoms with van der Waals surface area (Å²) >= 11 is 3.07. The Labute approximate surface area is 120 Å². The van der Waals surface area contributed by atoms with Crippen molar-refractivity contribution in [1.82, 2.24) is 19.7 Å². The van der Waals surface area contributed by atoms with E-state index in [1.165, 1.54) is 11.7 Å². The van der Waals surface area contributed by atoms with Crippen LogP contribution in [0.15, 0.2) is 9.63 Å². The fourth-order valence-corrected chi connectivity index (χ4v) is 4.69. The van der Waals surface area contributed by atoms with Gasteiger partial charge in [0.05, 0.1) is 0 Å². The summed E-state index contributed by atoms with van der Waals surface area (Å²) in [6.45, 7) is 0.240. The van der Waals surface area contributed by atoms with Crippen molar-refractivity contribution in [2.75, 3.05) is 13.2 Å². The molecular formula is C10H17BrN4O3S. The van der Waals surface area contributed by atoms with Gasteiger partial charge in [-0.1, -0.05) is 18.1 Å². The second kappa shape index (κ2) is 5.47. The van der Waals surface area contributed by atoms with E-state index < -0.39 is 10.0 Å². The number of aliphatic hydroxyl groups excluding tert-OH is 1. The highest BCUT2D eigenvalue weighted by molar-refractivity contribution is 9.10. The van der Waals surface area contributed by atoms with Crippen LogP contribution in [0.4, 0.5) is 0 Å². The Kier molecular flexibility index (Phi) is 4.29. The Morgan fingerprint density at radius 2 is 2.11 bits per heavy atom. The Bertz CT molecular complexity index is 532. The van der Waals surface area contributed by atoms with E-state index in [4.69, 9.17) is 0 Å². The number of rotatable bonds is 5. The van der Waals surface area contributed by atoms with E-state index >= 15 is 0 Å². The van der Waals surface area contributed by atoms with Crippen LogP contribution in [0.25, 0.3) is 0 Å². The van der Waals surface area contributed by atoms with Crippen LogP contribution in [0.5, 0.6) is 0 Å². The summed E-state index contributed by atoms with van der Waals surface area (Å²) in [5.41, 5.74) is -0.328. The summed E-state index contributed by atoms with van der Waals surface area (Å²) in [4.78, 5) is 0. The minimum atomic E-state index is -3.68. The number of nitrogens with one attached hydrogen (secondary N) is 1. The number of hydrogen-bond acceptors (Lipinski definition) is 5. The van der Waals surface area contributed by atoms with E-state index in [2.05, 4.69) is 31.0 Å². The van der Waals surface area contributed by atoms with Crippen LogP contribution in [0, 0.1) is 5.41 Å². The second-order valence-corrected chi connectivity index (χ2v) is 7.43. The Morgan fingerprint density at radius 1 is 1.47 bits per heavy atom. The van der Waals surface area contributed by atoms with Gasteiger partial charge in [-0.25, -0.2) is 17.8 Å². The maximum atomic E-state index is 12.2. The van der Waals surface area contributed by atoms with Gasteiger partial charge in [-0.2, -0.15) is 0 Å². The third kappa shape index (κ3) is 2.99. The SMILES string of the molecule is Cn1nnc(Br)c1S(=O)(=O)NCC1(CO)CCCC1. The number of aliphatic hydroxyl groups is 1. The molecule has 1 saturated carbocycles. The molecule has 0 aliphatic heterocycles. The molecule has 1 aromatic heterocycles. The lowest BCUT2D eigenvalue weighted by Gasteiger charge is -2.26. The van der Waals surface area contributed by atoms with E-state index in [1.54, 1.807) is 0 Å². The summed E-state index contributed by atoms with van der Waals surface area (Å²) in [6, 6.07) is 0. The van der Waals surface area contributed by atoms with Gasteiger partial charge in [-0.3, -0.25) is 0 Å². The molecule has 19 heavy (non-hydrogen) atoms. The molecule has 0 aromatic carbocycles. The monoisotopic (exact) mass is 352 g/mol. The van der Waals surface area contributed by atoms with Crippen LogP contribution in [-0.2, 0) is 17.1 Å². The number of sulfonamides is 1. The van der Waals surface area contributed by atoms with Gasteiger partial charge < -0.3 is 5.11 Å². The molecule has 0 radical (unpaired) electrons. The fraction of sp³-hybridized carbons (Fsp3) is 0.800. The number of nitrogens with zero attached hydrogens (tertiary/aromatic N) is 3. The number of aryl methyl sites for hydroxylation is 1. The summed E-state index contributed by atoms with van der Waals surface area (Å²) in [6.07, 6.45) is 3.74. The van der Waals surface area contributed by atoms with E-state index in [-0.39, 0.29) is 28.2 Å². The van der Waals surface area contributed by atoms with Crippen molar-refractivity contribution in [2.45, 2.75) is 30.7 Å². The average Bonchev–Trinajstić information content (AvgIpc) is 2.95. The largest absolute Gasteiger partial charge is 0.396 e. The fourth-order valence-electron chi connectivity index (χ4n) is 2.44. The molecule has 0 saturated heterocycles. The van der Waals surface area contributed by atoms with Crippen molar-refractivity contribution in [3.63, 3.8) is 0 Å². The predicted octanol–water partition coefficient (Wildman–Crippen LogP) is 0.409. The molecule has 1 heterocycles. The van der Waals surface area contributed by atoms with Crippen LogP contribution in [0.1, 0.15) is 25.7 Å². The first-order valence-corrected chi connectivity index (χ1v) is 8.34. The Hall–Kier alpha value is -0.510. The Morgan fingerprint density at radius 3 is 2.58 bits per heavy atom.